The van der Waals surface area contributed by atoms with Crippen molar-refractivity contribution in [2.24, 2.45) is 34.5 Å². The zero-order valence-electron chi connectivity index (χ0n) is 24.8. The van der Waals surface area contributed by atoms with Gasteiger partial charge in [-0.3, -0.25) is 0 Å². The Morgan fingerprint density at radius 2 is 1.71 bits per heavy atom. The van der Waals surface area contributed by atoms with E-state index in [4.69, 9.17) is 23.7 Å². The molecule has 0 aromatic heterocycles. The standard InChI is InChI=1S/C31H43NO10/c1-32-13-28(14-38-2)17(33)11-18(39-3)30-16-12-29(36)25(42-27(35)15-9-7-6-8-10-15)19(16)31(37,24(34)26(29)41-5)20(23(30)32)21(40-4)22(28)30/h6-10,16-26,33-34,36-37H,11-14H2,1-5H3/t16-,17-,18+,19-,20?,21+,22-,23-,24+,25-,26+,28+,29-,30+,31-/m1/s1. The van der Waals surface area contributed by atoms with E-state index >= 15 is 0 Å². The molecule has 11 nitrogen and oxygen atoms in total. The molecule has 15 atom stereocenters. The van der Waals surface area contributed by atoms with E-state index in [2.05, 4.69) is 4.90 Å². The average molecular weight is 590 g/mol. The second-order valence-corrected chi connectivity index (χ2v) is 13.7. The summed E-state index contributed by atoms with van der Waals surface area (Å²) in [6.45, 7) is 0.760. The van der Waals surface area contributed by atoms with E-state index in [9.17, 15) is 25.2 Å². The van der Waals surface area contributed by atoms with Crippen molar-refractivity contribution in [3.8, 4) is 0 Å². The zero-order chi connectivity index (χ0) is 30.0. The molecule has 1 heterocycles. The molecule has 1 aromatic carbocycles. The number of methoxy groups -OCH3 is 4. The summed E-state index contributed by atoms with van der Waals surface area (Å²) in [5.41, 5.74) is -4.81. The van der Waals surface area contributed by atoms with Crippen molar-refractivity contribution < 1.29 is 48.9 Å². The summed E-state index contributed by atoms with van der Waals surface area (Å²) in [7, 11) is 8.22. The van der Waals surface area contributed by atoms with Gasteiger partial charge in [0.1, 0.15) is 29.5 Å². The monoisotopic (exact) mass is 589 g/mol. The first kappa shape index (κ1) is 29.1. The second-order valence-electron chi connectivity index (χ2n) is 13.7. The first-order valence-electron chi connectivity index (χ1n) is 14.9. The zero-order valence-corrected chi connectivity index (χ0v) is 24.8. The van der Waals surface area contributed by atoms with E-state index in [0.717, 1.165) is 0 Å². The molecule has 11 heteroatoms. The van der Waals surface area contributed by atoms with E-state index < -0.39 is 82.4 Å². The number of hydrogen-bond donors (Lipinski definition) is 4. The van der Waals surface area contributed by atoms with Gasteiger partial charge in [0.2, 0.25) is 0 Å². The maximum Gasteiger partial charge on any atom is 0.338 e. The molecular formula is C31H43NO10. The first-order valence-corrected chi connectivity index (χ1v) is 14.9. The number of rotatable bonds is 7. The first-order chi connectivity index (χ1) is 20.0. The SMILES string of the molecule is COC[C@]12CN(C)[C@@H]3C4[C@H](OC)[C@H]1[C@@]3([C@@H](OC)C[C@H]2O)[C@@H]1C[C@@]2(O)[C@H](OC(=O)c3ccccc3)[C@@H]1[C@]4(O)[C@@H](O)[C@@H]2OC. The fourth-order valence-electron chi connectivity index (χ4n) is 11.8. The van der Waals surface area contributed by atoms with Crippen LogP contribution in [0.5, 0.6) is 0 Å². The summed E-state index contributed by atoms with van der Waals surface area (Å²) in [5, 5.41) is 49.4. The number of carbonyl (C=O) groups excluding carboxylic acids is 1. The van der Waals surface area contributed by atoms with Gasteiger partial charge in [-0.15, -0.1) is 0 Å². The smallest absolute Gasteiger partial charge is 0.338 e. The number of carbonyl (C=O) groups is 1. The van der Waals surface area contributed by atoms with Gasteiger partial charge in [-0.05, 0) is 31.5 Å². The number of fused-ring (bicyclic) bond motifs is 2. The van der Waals surface area contributed by atoms with Crippen molar-refractivity contribution in [3.05, 3.63) is 35.9 Å². The van der Waals surface area contributed by atoms with E-state index in [0.29, 0.717) is 18.5 Å². The lowest BCUT2D eigenvalue weighted by Crippen LogP contribution is -2.80. The maximum absolute atomic E-state index is 13.5. The molecule has 5 aliphatic carbocycles. The number of likely N-dealkylation sites (tertiary alicyclic amines) is 1. The number of hydrogen-bond acceptors (Lipinski definition) is 11. The van der Waals surface area contributed by atoms with Gasteiger partial charge in [-0.25, -0.2) is 4.79 Å². The Balaban J connectivity index is 1.47. The summed E-state index contributed by atoms with van der Waals surface area (Å²) >= 11 is 0. The number of ether oxygens (including phenoxy) is 5. The van der Waals surface area contributed by atoms with E-state index in [1.54, 1.807) is 51.7 Å². The maximum atomic E-state index is 13.5. The fourth-order valence-corrected chi connectivity index (χ4v) is 11.8. The predicted octanol–water partition coefficient (Wildman–Crippen LogP) is -0.313. The Labute approximate surface area is 245 Å². The third-order valence-corrected chi connectivity index (χ3v) is 12.6. The van der Waals surface area contributed by atoms with Crippen LogP contribution in [-0.2, 0) is 23.7 Å². The molecule has 0 radical (unpaired) electrons. The highest BCUT2D eigenvalue weighted by Gasteiger charge is 2.91. The van der Waals surface area contributed by atoms with Crippen molar-refractivity contribution >= 4 is 5.97 Å². The van der Waals surface area contributed by atoms with Crippen LogP contribution in [0.3, 0.4) is 0 Å². The van der Waals surface area contributed by atoms with Gasteiger partial charge in [0.05, 0.1) is 30.5 Å². The molecule has 7 bridgehead atoms. The van der Waals surface area contributed by atoms with Crippen LogP contribution in [0.25, 0.3) is 0 Å². The Morgan fingerprint density at radius 1 is 1.00 bits per heavy atom. The number of nitrogens with zero attached hydrogens (tertiary/aromatic N) is 1. The second kappa shape index (κ2) is 9.42. The topological polar surface area (TPSA) is 147 Å². The number of aliphatic hydroxyl groups excluding tert-OH is 2. The van der Waals surface area contributed by atoms with E-state index in [1.165, 1.54) is 7.11 Å². The molecule has 1 saturated heterocycles. The lowest BCUT2D eigenvalue weighted by Gasteiger charge is -2.69. The Morgan fingerprint density at radius 3 is 2.33 bits per heavy atom. The van der Waals surface area contributed by atoms with Crippen molar-refractivity contribution in [1.29, 1.82) is 0 Å². The van der Waals surface area contributed by atoms with Gasteiger partial charge < -0.3 is 49.0 Å². The summed E-state index contributed by atoms with van der Waals surface area (Å²) in [6.07, 6.45) is -5.28. The average Bonchev–Trinajstić information content (AvgIpc) is 3.37. The lowest BCUT2D eigenvalue weighted by molar-refractivity contribution is -0.318. The van der Waals surface area contributed by atoms with Crippen molar-refractivity contribution in [3.63, 3.8) is 0 Å². The number of piperidine rings is 1. The Bertz CT molecular complexity index is 1240. The molecule has 5 saturated carbocycles. The highest BCUT2D eigenvalue weighted by molar-refractivity contribution is 5.89. The normalized spacial score (nSPS) is 53.7. The Kier molecular flexibility index (Phi) is 6.52. The van der Waals surface area contributed by atoms with Gasteiger partial charge in [-0.1, -0.05) is 18.2 Å². The molecule has 1 aliphatic heterocycles. The van der Waals surface area contributed by atoms with Gasteiger partial charge >= 0.3 is 5.97 Å². The fraction of sp³-hybridized carbons (Fsp3) is 0.774. The predicted molar refractivity (Wildman–Crippen MR) is 146 cm³/mol. The van der Waals surface area contributed by atoms with Gasteiger partial charge in [0.25, 0.3) is 0 Å². The molecule has 4 N–H and O–H groups in total. The van der Waals surface area contributed by atoms with Crippen LogP contribution in [0.1, 0.15) is 23.2 Å². The molecule has 1 spiro atoms. The highest BCUT2D eigenvalue weighted by atomic mass is 16.6. The Hall–Kier alpha value is -1.67. The van der Waals surface area contributed by atoms with Crippen molar-refractivity contribution in [2.45, 2.75) is 66.7 Å². The minimum Gasteiger partial charge on any atom is -0.455 e. The van der Waals surface area contributed by atoms with Crippen LogP contribution < -0.4 is 0 Å². The molecule has 42 heavy (non-hydrogen) atoms. The third kappa shape index (κ3) is 3.05. The molecule has 6 fully saturated rings. The van der Waals surface area contributed by atoms with Crippen LogP contribution in [0.15, 0.2) is 30.3 Å². The molecular weight excluding hydrogens is 546 g/mol. The molecule has 6 aliphatic rings. The number of aliphatic hydroxyl groups is 4. The van der Waals surface area contributed by atoms with Crippen molar-refractivity contribution in [1.82, 2.24) is 4.90 Å². The molecule has 0 amide bonds. The number of benzene rings is 1. The minimum atomic E-state index is -1.86. The van der Waals surface area contributed by atoms with Crippen LogP contribution >= 0.6 is 0 Å². The molecule has 1 unspecified atom stereocenters. The van der Waals surface area contributed by atoms with Gasteiger partial charge in [0, 0.05) is 76.0 Å². The summed E-state index contributed by atoms with van der Waals surface area (Å²) in [4.78, 5) is 15.7. The van der Waals surface area contributed by atoms with Crippen molar-refractivity contribution in [2.75, 3.05) is 48.6 Å². The summed E-state index contributed by atoms with van der Waals surface area (Å²) in [5.74, 6) is -2.96. The van der Waals surface area contributed by atoms with Crippen LogP contribution in [0, 0.1) is 34.5 Å². The highest BCUT2D eigenvalue weighted by Crippen LogP contribution is 2.80. The van der Waals surface area contributed by atoms with Gasteiger partial charge in [0.15, 0.2) is 0 Å². The molecule has 7 rings (SSSR count). The molecule has 232 valence electrons. The summed E-state index contributed by atoms with van der Waals surface area (Å²) < 4.78 is 30.3. The minimum absolute atomic E-state index is 0.102. The van der Waals surface area contributed by atoms with Crippen LogP contribution in [0.2, 0.25) is 0 Å². The quantitative estimate of drug-likeness (QED) is 0.311. The van der Waals surface area contributed by atoms with Gasteiger partial charge in [-0.2, -0.15) is 0 Å². The van der Waals surface area contributed by atoms with Crippen LogP contribution in [0.4, 0.5) is 0 Å². The van der Waals surface area contributed by atoms with E-state index in [1.807, 2.05) is 7.05 Å². The largest absolute Gasteiger partial charge is 0.455 e. The molecule has 1 aromatic rings. The van der Waals surface area contributed by atoms with E-state index in [-0.39, 0.29) is 25.0 Å². The third-order valence-electron chi connectivity index (χ3n) is 12.6. The van der Waals surface area contributed by atoms with Crippen LogP contribution in [-0.4, -0.2) is 134 Å². The lowest BCUT2D eigenvalue weighted by atomic mass is 9.42. The number of esters is 1. The summed E-state index contributed by atoms with van der Waals surface area (Å²) in [6, 6.07) is 8.22.